The van der Waals surface area contributed by atoms with Gasteiger partial charge in [0, 0.05) is 19.4 Å². The molecule has 1 heterocycles. The van der Waals surface area contributed by atoms with Gasteiger partial charge in [0.25, 0.3) is 0 Å². The second-order valence-corrected chi connectivity index (χ2v) is 6.04. The first-order valence-electron chi connectivity index (χ1n) is 6.58. The summed E-state index contributed by atoms with van der Waals surface area (Å²) in [6.45, 7) is 5.01. The third kappa shape index (κ3) is 5.79. The number of amides is 2. The number of halogens is 3. The molecule has 1 aliphatic heterocycles. The van der Waals surface area contributed by atoms with Gasteiger partial charge in [0.2, 0.25) is 5.91 Å². The highest BCUT2D eigenvalue weighted by Crippen LogP contribution is 2.29. The molecule has 0 bridgehead atoms. The van der Waals surface area contributed by atoms with Crippen molar-refractivity contribution < 1.29 is 27.5 Å². The molecule has 1 rings (SSSR count). The lowest BCUT2D eigenvalue weighted by Gasteiger charge is -2.32. The molecule has 0 radical (unpaired) electrons. The summed E-state index contributed by atoms with van der Waals surface area (Å²) in [4.78, 5) is 24.4. The van der Waals surface area contributed by atoms with Crippen LogP contribution in [0.1, 0.15) is 46.5 Å². The molecule has 1 aliphatic rings. The predicted octanol–water partition coefficient (Wildman–Crippen LogP) is 3.50. The number of hydrogen-bond donors (Lipinski definition) is 0. The van der Waals surface area contributed by atoms with E-state index in [-0.39, 0.29) is 31.2 Å². The Morgan fingerprint density at radius 1 is 1.35 bits per heavy atom. The van der Waals surface area contributed by atoms with E-state index in [9.17, 15) is 22.8 Å². The van der Waals surface area contributed by atoms with Crippen molar-refractivity contribution >= 4 is 12.0 Å². The van der Waals surface area contributed by atoms with Crippen LogP contribution in [0.3, 0.4) is 0 Å². The van der Waals surface area contributed by atoms with E-state index in [2.05, 4.69) is 0 Å². The summed E-state index contributed by atoms with van der Waals surface area (Å²) in [6, 6.07) is 0. The summed E-state index contributed by atoms with van der Waals surface area (Å²) >= 11 is 0. The van der Waals surface area contributed by atoms with E-state index in [1.165, 1.54) is 0 Å². The molecule has 0 aliphatic carbocycles. The zero-order valence-electron chi connectivity index (χ0n) is 11.9. The molecule has 1 unspecified atom stereocenters. The van der Waals surface area contributed by atoms with E-state index in [1.54, 1.807) is 20.8 Å². The highest BCUT2D eigenvalue weighted by atomic mass is 19.4. The van der Waals surface area contributed by atoms with Gasteiger partial charge in [-0.2, -0.15) is 13.2 Å². The first-order chi connectivity index (χ1) is 8.98. The zero-order chi connectivity index (χ0) is 15.6. The largest absolute Gasteiger partial charge is 0.443 e. The van der Waals surface area contributed by atoms with Crippen molar-refractivity contribution in [2.45, 2.75) is 58.2 Å². The van der Waals surface area contributed by atoms with Gasteiger partial charge in [-0.15, -0.1) is 0 Å². The maximum Gasteiger partial charge on any atom is 0.417 e. The Bertz CT molecular complexity index is 374. The molecule has 1 fully saturated rings. The number of carbonyl (C=O) groups is 2. The SMILES string of the molecule is CC(C)(C)OC(=O)N1CC(CCC(F)(F)F)CCC1=O. The summed E-state index contributed by atoms with van der Waals surface area (Å²) in [5, 5.41) is 0. The molecule has 0 aromatic rings. The Hall–Kier alpha value is -1.27. The topological polar surface area (TPSA) is 46.6 Å². The van der Waals surface area contributed by atoms with Gasteiger partial charge in [0.05, 0.1) is 0 Å². The molecule has 0 saturated carbocycles. The molecule has 1 atom stereocenters. The number of nitrogens with zero attached hydrogens (tertiary/aromatic N) is 1. The Morgan fingerprint density at radius 2 is 1.95 bits per heavy atom. The second-order valence-electron chi connectivity index (χ2n) is 6.04. The van der Waals surface area contributed by atoms with Crippen LogP contribution in [0.25, 0.3) is 0 Å². The van der Waals surface area contributed by atoms with Crippen LogP contribution in [-0.4, -0.2) is 35.2 Å². The van der Waals surface area contributed by atoms with Gasteiger partial charge in [-0.1, -0.05) is 0 Å². The monoisotopic (exact) mass is 295 g/mol. The quantitative estimate of drug-likeness (QED) is 0.783. The second kappa shape index (κ2) is 6.01. The maximum atomic E-state index is 12.2. The molecule has 0 N–H and O–H groups in total. The van der Waals surface area contributed by atoms with Crippen LogP contribution in [0.15, 0.2) is 0 Å². The molecule has 7 heteroatoms. The van der Waals surface area contributed by atoms with E-state index in [0.717, 1.165) is 4.90 Å². The molecule has 116 valence electrons. The van der Waals surface area contributed by atoms with E-state index >= 15 is 0 Å². The predicted molar refractivity (Wildman–Crippen MR) is 66.0 cm³/mol. The number of likely N-dealkylation sites (tertiary alicyclic amines) is 1. The standard InChI is InChI=1S/C13H20F3NO3/c1-12(2,3)20-11(19)17-8-9(4-5-10(17)18)6-7-13(14,15)16/h9H,4-8H2,1-3H3. The molecule has 2 amide bonds. The molecule has 0 spiro atoms. The Labute approximate surface area is 116 Å². The molecule has 0 aromatic heterocycles. The highest BCUT2D eigenvalue weighted by Gasteiger charge is 2.35. The Balaban J connectivity index is 2.58. The number of imide groups is 1. The van der Waals surface area contributed by atoms with Crippen LogP contribution in [0.4, 0.5) is 18.0 Å². The third-order valence-corrected chi connectivity index (χ3v) is 2.96. The minimum atomic E-state index is -4.21. The van der Waals surface area contributed by atoms with Crippen molar-refractivity contribution in [1.29, 1.82) is 0 Å². The fourth-order valence-electron chi connectivity index (χ4n) is 2.01. The first kappa shape index (κ1) is 16.8. The normalized spacial score (nSPS) is 21.0. The number of rotatable bonds is 2. The smallest absolute Gasteiger partial charge is 0.417 e. The maximum absolute atomic E-state index is 12.2. The van der Waals surface area contributed by atoms with Gasteiger partial charge < -0.3 is 4.74 Å². The summed E-state index contributed by atoms with van der Waals surface area (Å²) in [5.41, 5.74) is -0.740. The number of hydrogen-bond acceptors (Lipinski definition) is 3. The van der Waals surface area contributed by atoms with Gasteiger partial charge in [-0.25, -0.2) is 9.69 Å². The lowest BCUT2D eigenvalue weighted by molar-refractivity contribution is -0.141. The summed E-state index contributed by atoms with van der Waals surface area (Å²) in [7, 11) is 0. The first-order valence-corrected chi connectivity index (χ1v) is 6.58. The van der Waals surface area contributed by atoms with Gasteiger partial charge in [0.15, 0.2) is 0 Å². The van der Waals surface area contributed by atoms with Crippen LogP contribution in [0, 0.1) is 5.92 Å². The van der Waals surface area contributed by atoms with Crippen LogP contribution < -0.4 is 0 Å². The van der Waals surface area contributed by atoms with Crippen molar-refractivity contribution in [3.05, 3.63) is 0 Å². The summed E-state index contributed by atoms with van der Waals surface area (Å²) in [6.07, 6.45) is -5.49. The van der Waals surface area contributed by atoms with Crippen LogP contribution in [0.5, 0.6) is 0 Å². The molecule has 0 aromatic carbocycles. The molecular formula is C13H20F3NO3. The average Bonchev–Trinajstić information content (AvgIpc) is 2.24. The number of piperidine rings is 1. The van der Waals surface area contributed by atoms with E-state index in [4.69, 9.17) is 4.74 Å². The lowest BCUT2D eigenvalue weighted by atomic mass is 9.93. The Kier molecular flexibility index (Phi) is 5.05. The minimum absolute atomic E-state index is 0.00380. The minimum Gasteiger partial charge on any atom is -0.443 e. The summed E-state index contributed by atoms with van der Waals surface area (Å²) < 4.78 is 41.7. The van der Waals surface area contributed by atoms with Crippen molar-refractivity contribution in [2.24, 2.45) is 5.92 Å². The molecule has 20 heavy (non-hydrogen) atoms. The lowest BCUT2D eigenvalue weighted by Crippen LogP contribution is -2.46. The fraction of sp³-hybridized carbons (Fsp3) is 0.846. The van der Waals surface area contributed by atoms with E-state index in [1.807, 2.05) is 0 Å². The number of alkyl halides is 3. The van der Waals surface area contributed by atoms with Crippen LogP contribution >= 0.6 is 0 Å². The number of ether oxygens (including phenoxy) is 1. The summed E-state index contributed by atoms with van der Waals surface area (Å²) in [5.74, 6) is -0.704. The van der Waals surface area contributed by atoms with E-state index < -0.39 is 24.3 Å². The highest BCUT2D eigenvalue weighted by molar-refractivity contribution is 5.92. The van der Waals surface area contributed by atoms with Gasteiger partial charge in [-0.3, -0.25) is 4.79 Å². The van der Waals surface area contributed by atoms with Gasteiger partial charge in [0.1, 0.15) is 5.60 Å². The number of carbonyl (C=O) groups excluding carboxylic acids is 2. The van der Waals surface area contributed by atoms with Crippen molar-refractivity contribution in [1.82, 2.24) is 4.90 Å². The van der Waals surface area contributed by atoms with Crippen molar-refractivity contribution in [3.63, 3.8) is 0 Å². The van der Waals surface area contributed by atoms with Crippen molar-refractivity contribution in [2.75, 3.05) is 6.54 Å². The molecular weight excluding hydrogens is 275 g/mol. The van der Waals surface area contributed by atoms with Crippen LogP contribution in [0.2, 0.25) is 0 Å². The molecule has 4 nitrogen and oxygen atoms in total. The Morgan fingerprint density at radius 3 is 2.45 bits per heavy atom. The third-order valence-electron chi connectivity index (χ3n) is 2.96. The van der Waals surface area contributed by atoms with Crippen molar-refractivity contribution in [3.8, 4) is 0 Å². The van der Waals surface area contributed by atoms with Gasteiger partial charge in [-0.05, 0) is 39.5 Å². The fourth-order valence-corrected chi connectivity index (χ4v) is 2.01. The zero-order valence-corrected chi connectivity index (χ0v) is 11.9. The molecule has 1 saturated heterocycles. The van der Waals surface area contributed by atoms with Crippen LogP contribution in [-0.2, 0) is 9.53 Å². The van der Waals surface area contributed by atoms with E-state index in [0.29, 0.717) is 6.42 Å². The van der Waals surface area contributed by atoms with Gasteiger partial charge >= 0.3 is 12.3 Å². The average molecular weight is 295 g/mol.